The van der Waals surface area contributed by atoms with Crippen molar-refractivity contribution in [3.05, 3.63) is 24.3 Å². The van der Waals surface area contributed by atoms with Gasteiger partial charge in [-0.05, 0) is 44.9 Å². The van der Waals surface area contributed by atoms with E-state index >= 15 is 0 Å². The van der Waals surface area contributed by atoms with Gasteiger partial charge in [-0.25, -0.2) is 0 Å². The molecule has 0 aromatic carbocycles. The molecule has 0 aliphatic carbocycles. The molecule has 0 saturated heterocycles. The molecule has 0 heterocycles. The van der Waals surface area contributed by atoms with Crippen molar-refractivity contribution in [2.75, 3.05) is 40.9 Å². The first-order valence-electron chi connectivity index (χ1n) is 29.7. The first-order valence-corrected chi connectivity index (χ1v) is 31.1. The average molecular weight is 982 g/mol. The number of allylic oxidation sites excluding steroid dienone is 4. The maximum absolute atomic E-state index is 13.0. The molecule has 68 heavy (non-hydrogen) atoms. The second-order valence-corrected chi connectivity index (χ2v) is 23.1. The maximum atomic E-state index is 13.0. The molecule has 1 amide bonds. The Balaban J connectivity index is 4.09. The minimum Gasteiger partial charge on any atom is -0.756 e. The smallest absolute Gasteiger partial charge is 0.268 e. The molecule has 0 fully saturated rings. The van der Waals surface area contributed by atoms with E-state index in [0.29, 0.717) is 23.9 Å². The van der Waals surface area contributed by atoms with Gasteiger partial charge in [-0.3, -0.25) is 9.36 Å². The van der Waals surface area contributed by atoms with Crippen LogP contribution in [0.2, 0.25) is 0 Å². The zero-order valence-electron chi connectivity index (χ0n) is 46.1. The number of hydrogen-bond donors (Lipinski definition) is 2. The summed E-state index contributed by atoms with van der Waals surface area (Å²) in [6.07, 6.45) is 63.5. The predicted octanol–water partition coefficient (Wildman–Crippen LogP) is 17.4. The van der Waals surface area contributed by atoms with Crippen molar-refractivity contribution >= 4 is 13.7 Å². The number of likely N-dealkylation sites (N-methyl/N-ethyl adjacent to an activating group) is 1. The van der Waals surface area contributed by atoms with Gasteiger partial charge in [-0.15, -0.1) is 0 Å². The first kappa shape index (κ1) is 67.0. The lowest BCUT2D eigenvalue weighted by Gasteiger charge is -2.30. The van der Waals surface area contributed by atoms with Gasteiger partial charge in [0.2, 0.25) is 5.91 Å². The average Bonchev–Trinajstić information content (AvgIpc) is 3.30. The highest BCUT2D eigenvalue weighted by molar-refractivity contribution is 7.45. The second-order valence-electron chi connectivity index (χ2n) is 21.7. The van der Waals surface area contributed by atoms with Gasteiger partial charge in [-0.2, -0.15) is 0 Å². The van der Waals surface area contributed by atoms with Gasteiger partial charge in [0.05, 0.1) is 39.9 Å². The van der Waals surface area contributed by atoms with Crippen LogP contribution in [-0.4, -0.2) is 68.5 Å². The summed E-state index contributed by atoms with van der Waals surface area (Å²) in [5.41, 5.74) is 0. The molecular formula is C59H117N2O6P. The molecule has 404 valence electrons. The number of unbranched alkanes of at least 4 members (excludes halogenated alkanes) is 38. The number of amides is 1. The van der Waals surface area contributed by atoms with E-state index in [1.807, 2.05) is 21.1 Å². The number of aliphatic hydroxyl groups is 1. The van der Waals surface area contributed by atoms with Crippen molar-refractivity contribution in [1.82, 2.24) is 5.32 Å². The Morgan fingerprint density at radius 3 is 1.22 bits per heavy atom. The molecule has 0 aliphatic heterocycles. The van der Waals surface area contributed by atoms with Crippen LogP contribution >= 0.6 is 7.82 Å². The lowest BCUT2D eigenvalue weighted by molar-refractivity contribution is -0.870. The highest BCUT2D eigenvalue weighted by Crippen LogP contribution is 2.38. The van der Waals surface area contributed by atoms with E-state index in [4.69, 9.17) is 9.05 Å². The zero-order valence-corrected chi connectivity index (χ0v) is 47.0. The Kier molecular flexibility index (Phi) is 50.1. The van der Waals surface area contributed by atoms with Crippen LogP contribution in [0.1, 0.15) is 296 Å². The van der Waals surface area contributed by atoms with Crippen LogP contribution in [0, 0.1) is 0 Å². The van der Waals surface area contributed by atoms with Crippen LogP contribution < -0.4 is 10.2 Å². The first-order chi connectivity index (χ1) is 33.0. The van der Waals surface area contributed by atoms with E-state index in [0.717, 1.165) is 44.9 Å². The third-order valence-electron chi connectivity index (χ3n) is 13.7. The van der Waals surface area contributed by atoms with Crippen molar-refractivity contribution in [2.45, 2.75) is 309 Å². The molecule has 0 spiro atoms. The van der Waals surface area contributed by atoms with Crippen molar-refractivity contribution in [1.29, 1.82) is 0 Å². The van der Waals surface area contributed by atoms with Crippen LogP contribution in [-0.2, 0) is 18.4 Å². The van der Waals surface area contributed by atoms with Crippen LogP contribution in [0.15, 0.2) is 24.3 Å². The molecule has 0 aromatic heterocycles. The fraction of sp³-hybridized carbons (Fsp3) is 0.915. The van der Waals surface area contributed by atoms with Crippen molar-refractivity contribution < 1.29 is 32.9 Å². The highest BCUT2D eigenvalue weighted by Gasteiger charge is 2.24. The number of nitrogens with one attached hydrogen (secondary N) is 1. The summed E-state index contributed by atoms with van der Waals surface area (Å²) in [4.78, 5) is 25.5. The van der Waals surface area contributed by atoms with Gasteiger partial charge >= 0.3 is 0 Å². The van der Waals surface area contributed by atoms with Crippen LogP contribution in [0.3, 0.4) is 0 Å². The van der Waals surface area contributed by atoms with Crippen molar-refractivity contribution in [3.63, 3.8) is 0 Å². The summed E-state index contributed by atoms with van der Waals surface area (Å²) in [6.45, 7) is 4.76. The lowest BCUT2D eigenvalue weighted by Crippen LogP contribution is -2.46. The van der Waals surface area contributed by atoms with E-state index in [-0.39, 0.29) is 19.1 Å². The van der Waals surface area contributed by atoms with Gasteiger partial charge < -0.3 is 28.8 Å². The normalized spacial score (nSPS) is 14.0. The summed E-state index contributed by atoms with van der Waals surface area (Å²) >= 11 is 0. The number of phosphoric acid groups is 1. The maximum Gasteiger partial charge on any atom is 0.268 e. The third kappa shape index (κ3) is 52.8. The van der Waals surface area contributed by atoms with E-state index in [9.17, 15) is 19.4 Å². The number of quaternary nitrogens is 1. The highest BCUT2D eigenvalue weighted by atomic mass is 31.2. The fourth-order valence-corrected chi connectivity index (χ4v) is 9.74. The minimum atomic E-state index is -4.57. The molecule has 0 aliphatic rings. The number of aliphatic hydroxyl groups excluding tert-OH is 1. The van der Waals surface area contributed by atoms with E-state index < -0.39 is 20.0 Å². The zero-order chi connectivity index (χ0) is 49.9. The van der Waals surface area contributed by atoms with Crippen LogP contribution in [0.5, 0.6) is 0 Å². The number of carbonyl (C=O) groups is 1. The Labute approximate surface area is 424 Å². The van der Waals surface area contributed by atoms with E-state index in [2.05, 4.69) is 43.5 Å². The Morgan fingerprint density at radius 1 is 0.515 bits per heavy atom. The molecule has 0 radical (unpaired) electrons. The monoisotopic (exact) mass is 981 g/mol. The lowest BCUT2D eigenvalue weighted by atomic mass is 10.0. The standard InChI is InChI=1S/C59H117N2O6P/c1-6-8-10-12-14-16-18-20-22-24-25-26-27-28-29-30-31-32-33-34-35-37-39-41-43-45-47-49-51-53-59(63)60-57(56-67-68(64,65)66-55-54-61(3,4)5)58(62)52-50-48-46-44-42-40-38-36-23-21-19-17-15-13-11-9-7-2/h25-26,28-29,57-58,62H,6-24,27,30-56H2,1-5H3,(H-,60,63,64,65)/b26-25-,29-28-. The molecule has 0 rings (SSSR count). The summed E-state index contributed by atoms with van der Waals surface area (Å²) in [6, 6.07) is -0.800. The SMILES string of the molecule is CCCCCCCCCCC/C=C\C/C=C\CCCCCCCCCCCCCCCC(=O)NC(COP(=O)([O-])OCC[N+](C)(C)C)C(O)CCCCCCCCCCCCCCCCCCC. The predicted molar refractivity (Wildman–Crippen MR) is 293 cm³/mol. The fourth-order valence-electron chi connectivity index (χ4n) is 9.01. The van der Waals surface area contributed by atoms with Crippen molar-refractivity contribution in [3.8, 4) is 0 Å². The number of nitrogens with zero attached hydrogens (tertiary/aromatic N) is 1. The molecule has 0 aromatic rings. The number of phosphoric ester groups is 1. The minimum absolute atomic E-state index is 0.0137. The number of rotatable bonds is 55. The number of hydrogen-bond acceptors (Lipinski definition) is 6. The van der Waals surface area contributed by atoms with Gasteiger partial charge in [0.15, 0.2) is 0 Å². The van der Waals surface area contributed by atoms with Crippen LogP contribution in [0.25, 0.3) is 0 Å². The Hall–Kier alpha value is -1.02. The Bertz CT molecular complexity index is 1160. The molecule has 0 saturated carbocycles. The van der Waals surface area contributed by atoms with Gasteiger partial charge in [-0.1, -0.05) is 269 Å². The third-order valence-corrected chi connectivity index (χ3v) is 14.7. The molecular weight excluding hydrogens is 864 g/mol. The van der Waals surface area contributed by atoms with E-state index in [1.165, 1.54) is 225 Å². The molecule has 3 unspecified atom stereocenters. The summed E-state index contributed by atoms with van der Waals surface area (Å²) in [5, 5.41) is 14.0. The van der Waals surface area contributed by atoms with Gasteiger partial charge in [0, 0.05) is 6.42 Å². The summed E-state index contributed by atoms with van der Waals surface area (Å²) < 4.78 is 23.4. The molecule has 9 heteroatoms. The number of carbonyl (C=O) groups excluding carboxylic acids is 1. The molecule has 8 nitrogen and oxygen atoms in total. The second kappa shape index (κ2) is 50.9. The van der Waals surface area contributed by atoms with Gasteiger partial charge in [0.25, 0.3) is 7.82 Å². The molecule has 0 bridgehead atoms. The Morgan fingerprint density at radius 2 is 0.853 bits per heavy atom. The summed E-state index contributed by atoms with van der Waals surface area (Å²) in [5.74, 6) is -0.161. The van der Waals surface area contributed by atoms with Crippen molar-refractivity contribution in [2.24, 2.45) is 0 Å². The largest absolute Gasteiger partial charge is 0.756 e. The quantitative estimate of drug-likeness (QED) is 0.0272. The molecule has 2 N–H and O–H groups in total. The molecule has 3 atom stereocenters. The van der Waals surface area contributed by atoms with Gasteiger partial charge in [0.1, 0.15) is 13.2 Å². The summed E-state index contributed by atoms with van der Waals surface area (Å²) in [7, 11) is 1.32. The van der Waals surface area contributed by atoms with E-state index in [1.54, 1.807) is 0 Å². The van der Waals surface area contributed by atoms with Crippen LogP contribution in [0.4, 0.5) is 0 Å². The topological polar surface area (TPSA) is 108 Å².